The third-order valence-corrected chi connectivity index (χ3v) is 3.09. The number of piperidine rings is 1. The molecule has 0 aliphatic carbocycles. The molecule has 7 nitrogen and oxygen atoms in total. The zero-order valence-corrected chi connectivity index (χ0v) is 12.2. The van der Waals surface area contributed by atoms with Crippen LogP contribution in [-0.4, -0.2) is 52.4 Å². The van der Waals surface area contributed by atoms with E-state index in [2.05, 4.69) is 27.2 Å². The van der Waals surface area contributed by atoms with E-state index < -0.39 is 0 Å². The molecule has 112 valence electrons. The fourth-order valence-electron chi connectivity index (χ4n) is 2.13. The summed E-state index contributed by atoms with van der Waals surface area (Å²) >= 11 is 0. The van der Waals surface area contributed by atoms with Crippen LogP contribution < -0.4 is 15.0 Å². The summed E-state index contributed by atoms with van der Waals surface area (Å²) in [5.41, 5.74) is 0. The van der Waals surface area contributed by atoms with Gasteiger partial charge in [-0.15, -0.1) is 0 Å². The van der Waals surface area contributed by atoms with Gasteiger partial charge in [0.25, 0.3) is 0 Å². The molecule has 20 heavy (non-hydrogen) atoms. The molecule has 0 amide bonds. The van der Waals surface area contributed by atoms with Gasteiger partial charge in [0.15, 0.2) is 0 Å². The number of aliphatic hydroxyl groups is 1. The zero-order chi connectivity index (χ0) is 14.4. The van der Waals surface area contributed by atoms with E-state index in [1.165, 1.54) is 0 Å². The van der Waals surface area contributed by atoms with E-state index in [-0.39, 0.29) is 6.10 Å². The molecule has 1 unspecified atom stereocenters. The second kappa shape index (κ2) is 7.23. The maximum atomic E-state index is 9.76. The molecule has 1 atom stereocenters. The van der Waals surface area contributed by atoms with Gasteiger partial charge in [-0.2, -0.15) is 15.0 Å². The molecule has 7 heteroatoms. The number of hydrogen-bond donors (Lipinski definition) is 2. The van der Waals surface area contributed by atoms with Crippen LogP contribution in [0.5, 0.6) is 6.01 Å². The highest BCUT2D eigenvalue weighted by atomic mass is 16.5. The first kappa shape index (κ1) is 14.8. The molecule has 2 N–H and O–H groups in total. The number of β-amino-alcohol motifs (C(OH)–C–C–N with tert-alkyl or cyclic N) is 1. The molecule has 1 aliphatic heterocycles. The fourth-order valence-corrected chi connectivity index (χ4v) is 2.13. The Labute approximate surface area is 119 Å². The van der Waals surface area contributed by atoms with Crippen LogP contribution in [0.2, 0.25) is 0 Å². The van der Waals surface area contributed by atoms with Crippen molar-refractivity contribution in [1.29, 1.82) is 0 Å². The van der Waals surface area contributed by atoms with Crippen LogP contribution >= 0.6 is 0 Å². The summed E-state index contributed by atoms with van der Waals surface area (Å²) in [4.78, 5) is 14.9. The number of nitrogens with one attached hydrogen (secondary N) is 1. The minimum absolute atomic E-state index is 0.317. The first-order valence-electron chi connectivity index (χ1n) is 7.28. The van der Waals surface area contributed by atoms with Crippen LogP contribution in [0.4, 0.5) is 11.9 Å². The predicted octanol–water partition coefficient (Wildman–Crippen LogP) is 1.05. The summed E-state index contributed by atoms with van der Waals surface area (Å²) in [7, 11) is 0. The summed E-state index contributed by atoms with van der Waals surface area (Å²) in [6.45, 7) is 6.70. The van der Waals surface area contributed by atoms with Crippen LogP contribution in [0.1, 0.15) is 33.1 Å². The van der Waals surface area contributed by atoms with Crippen LogP contribution in [0.15, 0.2) is 0 Å². The Bertz CT molecular complexity index is 429. The van der Waals surface area contributed by atoms with Crippen molar-refractivity contribution in [3.8, 4) is 6.01 Å². The lowest BCUT2D eigenvalue weighted by Crippen LogP contribution is -2.39. The molecule has 1 aliphatic rings. The monoisotopic (exact) mass is 281 g/mol. The van der Waals surface area contributed by atoms with Gasteiger partial charge < -0.3 is 20.1 Å². The van der Waals surface area contributed by atoms with Crippen molar-refractivity contribution in [2.24, 2.45) is 0 Å². The van der Waals surface area contributed by atoms with Crippen molar-refractivity contribution in [3.63, 3.8) is 0 Å². The topological polar surface area (TPSA) is 83.4 Å². The maximum absolute atomic E-state index is 9.76. The third kappa shape index (κ3) is 3.93. The standard InChI is InChI=1S/C13H23N5O2/c1-3-7-14-11-15-12(17-13(16-11)20-4-2)18-8-5-6-10(19)9-18/h10,19H,3-9H2,1-2H3,(H,14,15,16,17). The molecule has 2 rings (SSSR count). The smallest absolute Gasteiger partial charge is 0.323 e. The number of ether oxygens (including phenoxy) is 1. The molecule has 1 saturated heterocycles. The number of rotatable bonds is 6. The van der Waals surface area contributed by atoms with Crippen molar-refractivity contribution in [3.05, 3.63) is 0 Å². The summed E-state index contributed by atoms with van der Waals surface area (Å²) in [5.74, 6) is 1.10. The van der Waals surface area contributed by atoms with E-state index in [0.717, 1.165) is 32.4 Å². The first-order valence-corrected chi connectivity index (χ1v) is 7.28. The molecule has 1 aromatic rings. The SMILES string of the molecule is CCCNc1nc(OCC)nc(N2CCCC(O)C2)n1. The average molecular weight is 281 g/mol. The highest BCUT2D eigenvalue weighted by molar-refractivity contribution is 5.39. The molecule has 0 saturated carbocycles. The van der Waals surface area contributed by atoms with Crippen LogP contribution in [-0.2, 0) is 0 Å². The van der Waals surface area contributed by atoms with Gasteiger partial charge in [0.1, 0.15) is 0 Å². The Morgan fingerprint density at radius 3 is 2.90 bits per heavy atom. The summed E-state index contributed by atoms with van der Waals surface area (Å²) < 4.78 is 5.39. The molecule has 1 aromatic heterocycles. The van der Waals surface area contributed by atoms with Gasteiger partial charge in [-0.05, 0) is 26.2 Å². The highest BCUT2D eigenvalue weighted by Gasteiger charge is 2.21. The quantitative estimate of drug-likeness (QED) is 0.806. The molecule has 0 spiro atoms. The van der Waals surface area contributed by atoms with E-state index in [1.54, 1.807) is 0 Å². The second-order valence-corrected chi connectivity index (χ2v) is 4.84. The molecular formula is C13H23N5O2. The number of nitrogens with zero attached hydrogens (tertiary/aromatic N) is 4. The van der Waals surface area contributed by atoms with Gasteiger partial charge in [-0.3, -0.25) is 0 Å². The Kier molecular flexibility index (Phi) is 5.34. The third-order valence-electron chi connectivity index (χ3n) is 3.09. The highest BCUT2D eigenvalue weighted by Crippen LogP contribution is 2.19. The minimum atomic E-state index is -0.317. The van der Waals surface area contributed by atoms with Gasteiger partial charge in [-0.1, -0.05) is 6.92 Å². The normalized spacial score (nSPS) is 18.9. The summed E-state index contributed by atoms with van der Waals surface area (Å²) in [6.07, 6.45) is 2.45. The molecule has 1 fully saturated rings. The van der Waals surface area contributed by atoms with Crippen molar-refractivity contribution >= 4 is 11.9 Å². The molecule has 0 bridgehead atoms. The minimum Gasteiger partial charge on any atom is -0.464 e. The number of aliphatic hydroxyl groups excluding tert-OH is 1. The van der Waals surface area contributed by atoms with E-state index in [9.17, 15) is 5.11 Å². The largest absolute Gasteiger partial charge is 0.464 e. The Balaban J connectivity index is 2.18. The molecule has 0 aromatic carbocycles. The number of hydrogen-bond acceptors (Lipinski definition) is 7. The van der Waals surface area contributed by atoms with Gasteiger partial charge in [0.05, 0.1) is 12.7 Å². The maximum Gasteiger partial charge on any atom is 0.323 e. The lowest BCUT2D eigenvalue weighted by Gasteiger charge is -2.30. The second-order valence-electron chi connectivity index (χ2n) is 4.84. The number of anilines is 2. The van der Waals surface area contributed by atoms with Gasteiger partial charge in [0.2, 0.25) is 11.9 Å². The van der Waals surface area contributed by atoms with Crippen molar-refractivity contribution < 1.29 is 9.84 Å². The molecule has 0 radical (unpaired) electrons. The lowest BCUT2D eigenvalue weighted by molar-refractivity contribution is 0.153. The Morgan fingerprint density at radius 2 is 2.20 bits per heavy atom. The summed E-state index contributed by atoms with van der Waals surface area (Å²) in [5, 5.41) is 12.9. The zero-order valence-electron chi connectivity index (χ0n) is 12.2. The van der Waals surface area contributed by atoms with E-state index in [4.69, 9.17) is 4.74 Å². The van der Waals surface area contributed by atoms with E-state index in [0.29, 0.717) is 31.1 Å². The van der Waals surface area contributed by atoms with E-state index >= 15 is 0 Å². The molecular weight excluding hydrogens is 258 g/mol. The Morgan fingerprint density at radius 1 is 1.35 bits per heavy atom. The van der Waals surface area contributed by atoms with Crippen molar-refractivity contribution in [2.45, 2.75) is 39.2 Å². The van der Waals surface area contributed by atoms with E-state index in [1.807, 2.05) is 11.8 Å². The average Bonchev–Trinajstić information content (AvgIpc) is 2.45. The van der Waals surface area contributed by atoms with Crippen LogP contribution in [0, 0.1) is 0 Å². The van der Waals surface area contributed by atoms with Gasteiger partial charge in [-0.25, -0.2) is 0 Å². The van der Waals surface area contributed by atoms with Crippen LogP contribution in [0.3, 0.4) is 0 Å². The van der Waals surface area contributed by atoms with Crippen LogP contribution in [0.25, 0.3) is 0 Å². The lowest BCUT2D eigenvalue weighted by atomic mass is 10.1. The summed E-state index contributed by atoms with van der Waals surface area (Å²) in [6, 6.07) is 0.330. The molecule has 2 heterocycles. The van der Waals surface area contributed by atoms with Gasteiger partial charge >= 0.3 is 6.01 Å². The first-order chi connectivity index (χ1) is 9.72. The fraction of sp³-hybridized carbons (Fsp3) is 0.769. The predicted molar refractivity (Wildman–Crippen MR) is 77.2 cm³/mol. The van der Waals surface area contributed by atoms with Crippen molar-refractivity contribution in [1.82, 2.24) is 15.0 Å². The Hall–Kier alpha value is -1.63. The number of aromatic nitrogens is 3. The van der Waals surface area contributed by atoms with Crippen molar-refractivity contribution in [2.75, 3.05) is 36.5 Å². The van der Waals surface area contributed by atoms with Gasteiger partial charge in [0, 0.05) is 19.6 Å².